The number of carbonyl (C=O) groups is 1. The summed E-state index contributed by atoms with van der Waals surface area (Å²) in [6.07, 6.45) is 0.0336. The molecule has 3 rings (SSSR count). The summed E-state index contributed by atoms with van der Waals surface area (Å²) in [5.41, 5.74) is 0.0397. The molecule has 1 aliphatic heterocycles. The monoisotopic (exact) mass is 320 g/mol. The van der Waals surface area contributed by atoms with Gasteiger partial charge in [0.25, 0.3) is 11.6 Å². The maximum Gasteiger partial charge on any atom is 0.270 e. The number of hydrogen-bond donors (Lipinski definition) is 0. The molecule has 1 aliphatic rings. The summed E-state index contributed by atoms with van der Waals surface area (Å²) in [6, 6.07) is 6.40. The summed E-state index contributed by atoms with van der Waals surface area (Å²) in [4.78, 5) is 25.4. The molecule has 7 heteroatoms. The van der Waals surface area contributed by atoms with Crippen LogP contribution in [0.25, 0.3) is 10.1 Å². The Balaban J connectivity index is 1.89. The lowest BCUT2D eigenvalue weighted by Crippen LogP contribution is -2.48. The number of rotatable bonds is 2. The van der Waals surface area contributed by atoms with Gasteiger partial charge >= 0.3 is 0 Å². The minimum Gasteiger partial charge on any atom is -0.372 e. The van der Waals surface area contributed by atoms with Gasteiger partial charge in [0.15, 0.2) is 0 Å². The molecular formula is C15H16N2O4S. The third-order valence-electron chi connectivity index (χ3n) is 3.63. The molecule has 0 bridgehead atoms. The van der Waals surface area contributed by atoms with Crippen LogP contribution < -0.4 is 0 Å². The number of hydrogen-bond acceptors (Lipinski definition) is 5. The third-order valence-corrected chi connectivity index (χ3v) is 4.73. The van der Waals surface area contributed by atoms with E-state index in [0.29, 0.717) is 18.0 Å². The summed E-state index contributed by atoms with van der Waals surface area (Å²) in [6.45, 7) is 5.03. The van der Waals surface area contributed by atoms with Crippen LogP contribution in [0.15, 0.2) is 24.3 Å². The number of carbonyl (C=O) groups excluding carboxylic acids is 1. The van der Waals surface area contributed by atoms with Crippen LogP contribution in [0.2, 0.25) is 0 Å². The Labute approximate surface area is 131 Å². The average molecular weight is 320 g/mol. The minimum absolute atomic E-state index is 0.0168. The largest absolute Gasteiger partial charge is 0.372 e. The van der Waals surface area contributed by atoms with Gasteiger partial charge in [-0.3, -0.25) is 14.9 Å². The molecule has 116 valence electrons. The van der Waals surface area contributed by atoms with Gasteiger partial charge in [-0.25, -0.2) is 0 Å². The quantitative estimate of drug-likeness (QED) is 0.630. The highest BCUT2D eigenvalue weighted by Gasteiger charge is 2.27. The molecule has 1 aromatic carbocycles. The lowest BCUT2D eigenvalue weighted by molar-refractivity contribution is -0.384. The van der Waals surface area contributed by atoms with Crippen molar-refractivity contribution in [3.8, 4) is 0 Å². The summed E-state index contributed by atoms with van der Waals surface area (Å²) in [5, 5.41) is 11.6. The molecule has 0 saturated carbocycles. The second-order valence-electron chi connectivity index (χ2n) is 5.56. The van der Waals surface area contributed by atoms with Gasteiger partial charge in [0.2, 0.25) is 0 Å². The van der Waals surface area contributed by atoms with Gasteiger partial charge in [-0.1, -0.05) is 0 Å². The highest BCUT2D eigenvalue weighted by Crippen LogP contribution is 2.30. The number of amides is 1. The first-order chi connectivity index (χ1) is 10.4. The number of nitro groups is 1. The van der Waals surface area contributed by atoms with Crippen LogP contribution in [0.3, 0.4) is 0 Å². The second-order valence-corrected chi connectivity index (χ2v) is 6.64. The molecule has 0 unspecified atom stereocenters. The van der Waals surface area contributed by atoms with E-state index in [2.05, 4.69) is 0 Å². The van der Waals surface area contributed by atoms with Crippen LogP contribution in [0.5, 0.6) is 0 Å². The lowest BCUT2D eigenvalue weighted by atomic mass is 10.2. The first-order valence-electron chi connectivity index (χ1n) is 7.07. The first kappa shape index (κ1) is 14.9. The van der Waals surface area contributed by atoms with E-state index in [1.54, 1.807) is 17.0 Å². The molecule has 22 heavy (non-hydrogen) atoms. The number of morpholine rings is 1. The number of thiophene rings is 1. The molecule has 1 amide bonds. The van der Waals surface area contributed by atoms with Crippen molar-refractivity contribution in [3.63, 3.8) is 0 Å². The fraction of sp³-hybridized carbons (Fsp3) is 0.400. The fourth-order valence-electron chi connectivity index (χ4n) is 2.75. The number of non-ortho nitro benzene ring substituents is 1. The van der Waals surface area contributed by atoms with Crippen LogP contribution in [-0.2, 0) is 4.74 Å². The molecular weight excluding hydrogens is 304 g/mol. The van der Waals surface area contributed by atoms with E-state index < -0.39 is 4.92 Å². The second kappa shape index (κ2) is 5.66. The van der Waals surface area contributed by atoms with Gasteiger partial charge in [0.05, 0.1) is 22.0 Å². The molecule has 2 heterocycles. The Morgan fingerprint density at radius 1 is 1.32 bits per heavy atom. The third kappa shape index (κ3) is 2.82. The van der Waals surface area contributed by atoms with Crippen molar-refractivity contribution >= 4 is 33.0 Å². The topological polar surface area (TPSA) is 72.7 Å². The lowest BCUT2D eigenvalue weighted by Gasteiger charge is -2.35. The molecule has 1 aromatic heterocycles. The maximum atomic E-state index is 12.6. The Morgan fingerprint density at radius 3 is 2.64 bits per heavy atom. The molecule has 0 N–H and O–H groups in total. The van der Waals surface area contributed by atoms with Crippen LogP contribution in [0.4, 0.5) is 5.69 Å². The summed E-state index contributed by atoms with van der Waals surface area (Å²) in [5.74, 6) is -0.0362. The van der Waals surface area contributed by atoms with Crippen molar-refractivity contribution < 1.29 is 14.5 Å². The van der Waals surface area contributed by atoms with E-state index in [4.69, 9.17) is 4.74 Å². The molecule has 0 spiro atoms. The standard InChI is InChI=1S/C15H16N2O4S/c1-9-7-16(8-10(2)21-9)15(18)14-6-11-5-12(17(19)20)3-4-13(11)22-14/h3-6,9-10H,7-8H2,1-2H3/t9-,10+. The van der Waals surface area contributed by atoms with Gasteiger partial charge in [-0.05, 0) is 26.0 Å². The van der Waals surface area contributed by atoms with E-state index >= 15 is 0 Å². The Kier molecular flexibility index (Phi) is 3.84. The minimum atomic E-state index is -0.427. The Hall–Kier alpha value is -1.99. The van der Waals surface area contributed by atoms with E-state index in [-0.39, 0.29) is 23.8 Å². The van der Waals surface area contributed by atoms with Gasteiger partial charge < -0.3 is 9.64 Å². The zero-order valence-electron chi connectivity index (χ0n) is 12.3. The number of nitro benzene ring substituents is 1. The van der Waals surface area contributed by atoms with E-state index in [0.717, 1.165) is 10.1 Å². The zero-order valence-corrected chi connectivity index (χ0v) is 13.1. The van der Waals surface area contributed by atoms with E-state index in [9.17, 15) is 14.9 Å². The molecule has 1 fully saturated rings. The van der Waals surface area contributed by atoms with E-state index in [1.807, 2.05) is 13.8 Å². The van der Waals surface area contributed by atoms with Crippen LogP contribution in [-0.4, -0.2) is 41.0 Å². The van der Waals surface area contributed by atoms with Gasteiger partial charge in [0, 0.05) is 35.3 Å². The Morgan fingerprint density at radius 2 is 2.00 bits per heavy atom. The van der Waals surface area contributed by atoms with Crippen molar-refractivity contribution in [1.82, 2.24) is 4.90 Å². The summed E-state index contributed by atoms with van der Waals surface area (Å²) >= 11 is 1.37. The van der Waals surface area contributed by atoms with Crippen molar-refractivity contribution in [2.45, 2.75) is 26.1 Å². The molecule has 0 radical (unpaired) electrons. The van der Waals surface area contributed by atoms with Crippen LogP contribution in [0, 0.1) is 10.1 Å². The van der Waals surface area contributed by atoms with Crippen molar-refractivity contribution in [3.05, 3.63) is 39.3 Å². The average Bonchev–Trinajstić information content (AvgIpc) is 2.88. The van der Waals surface area contributed by atoms with Gasteiger partial charge in [-0.15, -0.1) is 11.3 Å². The van der Waals surface area contributed by atoms with Crippen LogP contribution >= 0.6 is 11.3 Å². The first-order valence-corrected chi connectivity index (χ1v) is 7.88. The number of nitrogens with zero attached hydrogens (tertiary/aromatic N) is 2. The number of benzene rings is 1. The maximum absolute atomic E-state index is 12.6. The molecule has 2 atom stereocenters. The van der Waals surface area contributed by atoms with Gasteiger partial charge in [-0.2, -0.15) is 0 Å². The van der Waals surface area contributed by atoms with Crippen molar-refractivity contribution in [2.24, 2.45) is 0 Å². The SMILES string of the molecule is C[C@@H]1CN(C(=O)c2cc3cc([N+](=O)[O-])ccc3s2)C[C@H](C)O1. The number of ether oxygens (including phenoxy) is 1. The summed E-state index contributed by atoms with van der Waals surface area (Å²) < 4.78 is 6.52. The predicted octanol–water partition coefficient (Wildman–Crippen LogP) is 3.06. The normalized spacial score (nSPS) is 22.0. The highest BCUT2D eigenvalue weighted by atomic mass is 32.1. The number of fused-ring (bicyclic) bond motifs is 1. The smallest absolute Gasteiger partial charge is 0.270 e. The summed E-state index contributed by atoms with van der Waals surface area (Å²) in [7, 11) is 0. The molecule has 0 aliphatic carbocycles. The van der Waals surface area contributed by atoms with Crippen LogP contribution in [0.1, 0.15) is 23.5 Å². The molecule has 2 aromatic rings. The predicted molar refractivity (Wildman–Crippen MR) is 84.4 cm³/mol. The van der Waals surface area contributed by atoms with E-state index in [1.165, 1.54) is 23.5 Å². The zero-order chi connectivity index (χ0) is 15.9. The van der Waals surface area contributed by atoms with Crippen molar-refractivity contribution in [1.29, 1.82) is 0 Å². The van der Waals surface area contributed by atoms with Gasteiger partial charge in [0.1, 0.15) is 0 Å². The van der Waals surface area contributed by atoms with Crippen molar-refractivity contribution in [2.75, 3.05) is 13.1 Å². The molecule has 1 saturated heterocycles. The molecule has 6 nitrogen and oxygen atoms in total. The fourth-order valence-corrected chi connectivity index (χ4v) is 3.76. The Bertz CT molecular complexity index is 732. The highest BCUT2D eigenvalue weighted by molar-refractivity contribution is 7.20.